The van der Waals surface area contributed by atoms with Crippen molar-refractivity contribution in [2.75, 3.05) is 19.6 Å². The zero-order valence-electron chi connectivity index (χ0n) is 18.1. The summed E-state index contributed by atoms with van der Waals surface area (Å²) in [5.41, 5.74) is 9.93. The van der Waals surface area contributed by atoms with E-state index < -0.39 is 0 Å². The Morgan fingerprint density at radius 2 is 2.03 bits per heavy atom. The van der Waals surface area contributed by atoms with E-state index in [4.69, 9.17) is 15.8 Å². The van der Waals surface area contributed by atoms with E-state index in [-0.39, 0.29) is 23.3 Å². The van der Waals surface area contributed by atoms with Gasteiger partial charge < -0.3 is 11.1 Å². The first kappa shape index (κ1) is 21.2. The molecule has 1 aliphatic rings. The van der Waals surface area contributed by atoms with Crippen LogP contribution in [0.5, 0.6) is 0 Å². The zero-order valence-corrected chi connectivity index (χ0v) is 18.1. The lowest BCUT2D eigenvalue weighted by atomic mass is 10.0. The van der Waals surface area contributed by atoms with Crippen LogP contribution in [0.4, 0.5) is 0 Å². The van der Waals surface area contributed by atoms with Crippen molar-refractivity contribution in [3.8, 4) is 0 Å². The molecule has 2 aromatic rings. The highest BCUT2D eigenvalue weighted by Crippen LogP contribution is 2.27. The second-order valence-corrected chi connectivity index (χ2v) is 9.09. The van der Waals surface area contributed by atoms with Crippen LogP contribution in [0.25, 0.3) is 5.65 Å². The predicted octanol–water partition coefficient (Wildman–Crippen LogP) is 1.47. The SMILES string of the molecule is Cc1nc2cc([C@H]3CCN(CC(N)=O)C3)nn2c(C)c1CCC(=O)NC(C)(C)C. The number of rotatable bonds is 6. The molecule has 2 aromatic heterocycles. The molecule has 2 amide bonds. The van der Waals surface area contributed by atoms with Gasteiger partial charge in [-0.2, -0.15) is 5.10 Å². The Balaban J connectivity index is 1.77. The standard InChI is InChI=1S/C21H32N6O2/c1-13-16(6-7-20(29)24-21(3,4)5)14(2)27-19(23-13)10-17(25-27)15-8-9-26(11-15)12-18(22)28/h10,15H,6-9,11-12H2,1-5H3,(H2,22,28)(H,24,29)/t15-/m0/s1. The number of hydrogen-bond donors (Lipinski definition) is 2. The molecule has 29 heavy (non-hydrogen) atoms. The van der Waals surface area contributed by atoms with E-state index >= 15 is 0 Å². The van der Waals surface area contributed by atoms with Crippen LogP contribution < -0.4 is 11.1 Å². The van der Waals surface area contributed by atoms with E-state index in [1.165, 1.54) is 0 Å². The number of hydrogen-bond acceptors (Lipinski definition) is 5. The van der Waals surface area contributed by atoms with Crippen molar-refractivity contribution in [1.82, 2.24) is 24.8 Å². The molecule has 3 heterocycles. The average molecular weight is 401 g/mol. The minimum absolute atomic E-state index is 0.0399. The van der Waals surface area contributed by atoms with Gasteiger partial charge in [0.15, 0.2) is 5.65 Å². The van der Waals surface area contributed by atoms with Crippen LogP contribution in [0.1, 0.15) is 62.2 Å². The fourth-order valence-electron chi connectivity index (χ4n) is 4.06. The highest BCUT2D eigenvalue weighted by molar-refractivity contribution is 5.77. The third-order valence-electron chi connectivity index (χ3n) is 5.37. The molecule has 8 nitrogen and oxygen atoms in total. The van der Waals surface area contributed by atoms with Crippen molar-refractivity contribution >= 4 is 17.5 Å². The van der Waals surface area contributed by atoms with E-state index in [1.54, 1.807) is 0 Å². The van der Waals surface area contributed by atoms with Gasteiger partial charge in [0.1, 0.15) is 0 Å². The summed E-state index contributed by atoms with van der Waals surface area (Å²) < 4.78 is 1.88. The Hall–Kier alpha value is -2.48. The predicted molar refractivity (Wildman–Crippen MR) is 112 cm³/mol. The molecule has 0 radical (unpaired) electrons. The molecule has 0 bridgehead atoms. The summed E-state index contributed by atoms with van der Waals surface area (Å²) in [7, 11) is 0. The lowest BCUT2D eigenvalue weighted by molar-refractivity contribution is -0.122. The van der Waals surface area contributed by atoms with E-state index in [2.05, 4.69) is 10.2 Å². The summed E-state index contributed by atoms with van der Waals surface area (Å²) in [6.45, 7) is 11.9. The van der Waals surface area contributed by atoms with Crippen molar-refractivity contribution in [2.24, 2.45) is 5.73 Å². The summed E-state index contributed by atoms with van der Waals surface area (Å²) >= 11 is 0. The van der Waals surface area contributed by atoms with E-state index in [0.717, 1.165) is 47.8 Å². The van der Waals surface area contributed by atoms with Crippen LogP contribution in [0.15, 0.2) is 6.07 Å². The monoisotopic (exact) mass is 400 g/mol. The van der Waals surface area contributed by atoms with Gasteiger partial charge in [-0.25, -0.2) is 9.50 Å². The van der Waals surface area contributed by atoms with Gasteiger partial charge in [0.25, 0.3) is 0 Å². The molecule has 0 aliphatic carbocycles. The molecule has 3 rings (SSSR count). The highest BCUT2D eigenvalue weighted by Gasteiger charge is 2.27. The first-order chi connectivity index (χ1) is 13.5. The molecule has 0 aromatic carbocycles. The van der Waals surface area contributed by atoms with Crippen LogP contribution >= 0.6 is 0 Å². The van der Waals surface area contributed by atoms with Crippen molar-refractivity contribution in [3.63, 3.8) is 0 Å². The maximum absolute atomic E-state index is 12.2. The van der Waals surface area contributed by atoms with Crippen LogP contribution in [-0.4, -0.2) is 56.5 Å². The van der Waals surface area contributed by atoms with Crippen molar-refractivity contribution < 1.29 is 9.59 Å². The average Bonchev–Trinajstić information content (AvgIpc) is 3.19. The number of carbonyl (C=O) groups excluding carboxylic acids is 2. The molecule has 1 fully saturated rings. The number of primary amides is 1. The second-order valence-electron chi connectivity index (χ2n) is 9.09. The highest BCUT2D eigenvalue weighted by atomic mass is 16.2. The Morgan fingerprint density at radius 3 is 2.69 bits per heavy atom. The number of aromatic nitrogens is 3. The molecule has 1 aliphatic heterocycles. The second kappa shape index (κ2) is 8.10. The van der Waals surface area contributed by atoms with E-state index in [9.17, 15) is 9.59 Å². The minimum Gasteiger partial charge on any atom is -0.369 e. The fourth-order valence-corrected chi connectivity index (χ4v) is 4.06. The molecule has 0 saturated carbocycles. The number of aryl methyl sites for hydroxylation is 2. The molecule has 0 spiro atoms. The first-order valence-electron chi connectivity index (χ1n) is 10.2. The van der Waals surface area contributed by atoms with E-state index in [1.807, 2.05) is 45.2 Å². The fraction of sp³-hybridized carbons (Fsp3) is 0.619. The Kier molecular flexibility index (Phi) is 5.93. The number of likely N-dealkylation sites (tertiary alicyclic amines) is 1. The maximum Gasteiger partial charge on any atom is 0.231 e. The van der Waals surface area contributed by atoms with Crippen molar-refractivity contribution in [2.45, 2.75) is 65.3 Å². The van der Waals surface area contributed by atoms with Gasteiger partial charge >= 0.3 is 0 Å². The first-order valence-corrected chi connectivity index (χ1v) is 10.2. The zero-order chi connectivity index (χ0) is 21.3. The number of nitrogens with zero attached hydrogens (tertiary/aromatic N) is 4. The largest absolute Gasteiger partial charge is 0.369 e. The number of nitrogens with one attached hydrogen (secondary N) is 1. The van der Waals surface area contributed by atoms with Gasteiger partial charge in [0.2, 0.25) is 11.8 Å². The minimum atomic E-state index is -0.297. The topological polar surface area (TPSA) is 106 Å². The maximum atomic E-state index is 12.2. The van der Waals surface area contributed by atoms with Gasteiger partial charge in [0.05, 0.1) is 12.2 Å². The summed E-state index contributed by atoms with van der Waals surface area (Å²) in [5, 5.41) is 7.81. The molecule has 1 atom stereocenters. The van der Waals surface area contributed by atoms with Crippen LogP contribution in [0, 0.1) is 13.8 Å². The number of carbonyl (C=O) groups is 2. The van der Waals surface area contributed by atoms with Gasteiger partial charge in [-0.1, -0.05) is 0 Å². The third-order valence-corrected chi connectivity index (χ3v) is 5.37. The van der Waals surface area contributed by atoms with Gasteiger partial charge in [-0.05, 0) is 59.6 Å². The molecular formula is C21H32N6O2. The van der Waals surface area contributed by atoms with Crippen LogP contribution in [0.3, 0.4) is 0 Å². The van der Waals surface area contributed by atoms with Crippen molar-refractivity contribution in [3.05, 3.63) is 28.7 Å². The molecule has 0 unspecified atom stereocenters. The molecule has 8 heteroatoms. The summed E-state index contributed by atoms with van der Waals surface area (Å²) in [4.78, 5) is 30.2. The van der Waals surface area contributed by atoms with Crippen LogP contribution in [0.2, 0.25) is 0 Å². The number of amides is 2. The Labute approximate surface area is 171 Å². The van der Waals surface area contributed by atoms with Crippen LogP contribution in [-0.2, 0) is 16.0 Å². The molecule has 158 valence electrons. The molecule has 1 saturated heterocycles. The van der Waals surface area contributed by atoms with Gasteiger partial charge in [-0.3, -0.25) is 14.5 Å². The number of fused-ring (bicyclic) bond motifs is 1. The van der Waals surface area contributed by atoms with E-state index in [0.29, 0.717) is 19.4 Å². The summed E-state index contributed by atoms with van der Waals surface area (Å²) in [6, 6.07) is 2.04. The molecule has 3 N–H and O–H groups in total. The lowest BCUT2D eigenvalue weighted by Gasteiger charge is -2.20. The third kappa shape index (κ3) is 5.12. The Bertz CT molecular complexity index is 927. The van der Waals surface area contributed by atoms with Gasteiger partial charge in [-0.15, -0.1) is 0 Å². The van der Waals surface area contributed by atoms with Gasteiger partial charge in [0, 0.05) is 41.9 Å². The smallest absolute Gasteiger partial charge is 0.231 e. The summed E-state index contributed by atoms with van der Waals surface area (Å²) in [6.07, 6.45) is 2.01. The lowest BCUT2D eigenvalue weighted by Crippen LogP contribution is -2.40. The van der Waals surface area contributed by atoms with Crippen molar-refractivity contribution in [1.29, 1.82) is 0 Å². The Morgan fingerprint density at radius 1 is 1.31 bits per heavy atom. The summed E-state index contributed by atoms with van der Waals surface area (Å²) in [5.74, 6) is 0.0174. The normalized spacial score (nSPS) is 17.8. The quantitative estimate of drug-likeness (QED) is 0.764. The molecular weight excluding hydrogens is 368 g/mol. The number of nitrogens with two attached hydrogens (primary N) is 1.